The van der Waals surface area contributed by atoms with E-state index in [9.17, 15) is 9.59 Å². The van der Waals surface area contributed by atoms with Crippen LogP contribution in [-0.2, 0) is 63.8 Å². The van der Waals surface area contributed by atoms with E-state index in [2.05, 4.69) is 39.1 Å². The topological polar surface area (TPSA) is 52.6 Å². The summed E-state index contributed by atoms with van der Waals surface area (Å²) in [6.45, 7) is 5.64. The molecule has 0 saturated carbocycles. The van der Waals surface area contributed by atoms with E-state index in [-0.39, 0.29) is 42.9 Å². The second-order valence-electron chi connectivity index (χ2n) is 11.9. The Kier molecular flexibility index (Phi) is 49.2. The van der Waals surface area contributed by atoms with Gasteiger partial charge in [-0.25, -0.2) is 0 Å². The molecule has 0 unspecified atom stereocenters. The third-order valence-corrected chi connectivity index (χ3v) is 8.23. The van der Waals surface area contributed by atoms with E-state index in [0.29, 0.717) is 13.2 Å². The Balaban J connectivity index is -0.000000727. The van der Waals surface area contributed by atoms with E-state index >= 15 is 0 Å². The van der Waals surface area contributed by atoms with Crippen molar-refractivity contribution < 1.29 is 38.5 Å². The minimum Gasteiger partial charge on any atom is -0.782 e. The Hall–Kier alpha value is 0.263. The summed E-state index contributed by atoms with van der Waals surface area (Å²) < 4.78 is 9.91. The number of ether oxygens (including phenoxy) is 2. The SMILES string of the molecule is CCCCCCCCCCCCCCCCOC(=O)C[S-].CCCCCCCCCCCCCCCCOC(=O)C[S-].[Zn+2]. The minimum absolute atomic E-state index is 0. The molecule has 0 aromatic carbocycles. The molecule has 0 atom stereocenters. The van der Waals surface area contributed by atoms with Crippen molar-refractivity contribution in [2.75, 3.05) is 24.7 Å². The maximum absolute atomic E-state index is 10.8. The van der Waals surface area contributed by atoms with Crippen LogP contribution < -0.4 is 0 Å². The number of hydrogen-bond acceptors (Lipinski definition) is 6. The molecule has 0 rings (SSSR count). The summed E-state index contributed by atoms with van der Waals surface area (Å²) in [5.41, 5.74) is 0. The van der Waals surface area contributed by atoms with Crippen LogP contribution in [0.25, 0.3) is 0 Å². The Labute approximate surface area is 292 Å². The van der Waals surface area contributed by atoms with Crippen LogP contribution in [-0.4, -0.2) is 36.7 Å². The van der Waals surface area contributed by atoms with Gasteiger partial charge in [0.05, 0.1) is 13.2 Å². The summed E-state index contributed by atoms with van der Waals surface area (Å²) in [6, 6.07) is 0. The van der Waals surface area contributed by atoms with Gasteiger partial charge in [-0.05, 0) is 12.8 Å². The van der Waals surface area contributed by atoms with Crippen molar-refractivity contribution in [1.82, 2.24) is 0 Å². The predicted octanol–water partition coefficient (Wildman–Crippen LogP) is 11.1. The van der Waals surface area contributed by atoms with Crippen molar-refractivity contribution in [1.29, 1.82) is 0 Å². The van der Waals surface area contributed by atoms with E-state index in [1.54, 1.807) is 0 Å². The third kappa shape index (κ3) is 46.8. The molecule has 0 aromatic rings. The third-order valence-electron chi connectivity index (χ3n) is 7.76. The summed E-state index contributed by atoms with van der Waals surface area (Å²) in [5.74, 6) is -0.337. The molecule has 43 heavy (non-hydrogen) atoms. The number of carbonyl (C=O) groups excluding carboxylic acids is 2. The van der Waals surface area contributed by atoms with E-state index < -0.39 is 0 Å². The fourth-order valence-corrected chi connectivity index (χ4v) is 5.22. The van der Waals surface area contributed by atoms with Crippen molar-refractivity contribution in [2.24, 2.45) is 0 Å². The normalized spacial score (nSPS) is 10.5. The summed E-state index contributed by atoms with van der Waals surface area (Å²) >= 11 is 9.21. The molecule has 0 N–H and O–H groups in total. The number of carbonyl (C=O) groups is 2. The number of rotatable bonds is 32. The molecule has 0 fully saturated rings. The van der Waals surface area contributed by atoms with E-state index in [4.69, 9.17) is 9.47 Å². The molecule has 0 bridgehead atoms. The first-order valence-corrected chi connectivity index (χ1v) is 19.2. The largest absolute Gasteiger partial charge is 2.00 e. The van der Waals surface area contributed by atoms with Crippen LogP contribution in [0, 0.1) is 0 Å². The molecule has 7 heteroatoms. The van der Waals surface area contributed by atoms with Crippen molar-refractivity contribution >= 4 is 37.2 Å². The van der Waals surface area contributed by atoms with Crippen molar-refractivity contribution in [3.8, 4) is 0 Å². The van der Waals surface area contributed by atoms with Gasteiger partial charge < -0.3 is 34.7 Å². The van der Waals surface area contributed by atoms with Crippen LogP contribution in [0.4, 0.5) is 0 Å². The van der Waals surface area contributed by atoms with Gasteiger partial charge >= 0.3 is 19.5 Å². The van der Waals surface area contributed by atoms with Crippen LogP contribution in [0.3, 0.4) is 0 Å². The van der Waals surface area contributed by atoms with Crippen LogP contribution in [0.2, 0.25) is 0 Å². The molecule has 0 heterocycles. The molecule has 0 aliphatic heterocycles. The van der Waals surface area contributed by atoms with Crippen LogP contribution in [0.15, 0.2) is 0 Å². The van der Waals surface area contributed by atoms with E-state index in [1.165, 1.54) is 167 Å². The van der Waals surface area contributed by atoms with Crippen LogP contribution in [0.5, 0.6) is 0 Å². The first-order chi connectivity index (χ1) is 20.6. The van der Waals surface area contributed by atoms with Crippen molar-refractivity contribution in [3.05, 3.63) is 0 Å². The molecule has 0 radical (unpaired) electrons. The van der Waals surface area contributed by atoms with Crippen molar-refractivity contribution in [3.63, 3.8) is 0 Å². The molecule has 0 aliphatic carbocycles. The van der Waals surface area contributed by atoms with Gasteiger partial charge in [-0.15, -0.1) is 0 Å². The zero-order chi connectivity index (χ0) is 31.2. The number of unbranched alkanes of at least 4 members (excludes halogenated alkanes) is 26. The Morgan fingerprint density at radius 2 is 0.558 bits per heavy atom. The smallest absolute Gasteiger partial charge is 0.782 e. The fourth-order valence-electron chi connectivity index (χ4n) is 5.05. The second kappa shape index (κ2) is 44.4. The monoisotopic (exact) mass is 694 g/mol. The molecule has 0 spiro atoms. The average molecular weight is 696 g/mol. The predicted molar refractivity (Wildman–Crippen MR) is 187 cm³/mol. The Morgan fingerprint density at radius 3 is 0.744 bits per heavy atom. The average Bonchev–Trinajstić information content (AvgIpc) is 3.01. The van der Waals surface area contributed by atoms with Gasteiger partial charge in [0.2, 0.25) is 0 Å². The summed E-state index contributed by atoms with van der Waals surface area (Å²) in [5, 5.41) is 0. The Bertz CT molecular complexity index is 491. The van der Waals surface area contributed by atoms with Gasteiger partial charge in [-0.2, -0.15) is 0 Å². The number of esters is 2. The first-order valence-electron chi connectivity index (χ1n) is 18.1. The maximum Gasteiger partial charge on any atom is 2.00 e. The summed E-state index contributed by atoms with van der Waals surface area (Å²) in [6.07, 6.45) is 37.6. The van der Waals surface area contributed by atoms with E-state index in [0.717, 1.165) is 12.8 Å². The fraction of sp³-hybridized carbons (Fsp3) is 0.944. The molecule has 0 aliphatic rings. The molecule has 0 amide bonds. The van der Waals surface area contributed by atoms with Crippen LogP contribution >= 0.6 is 0 Å². The molecule has 0 aromatic heterocycles. The van der Waals surface area contributed by atoms with Gasteiger partial charge in [0.25, 0.3) is 11.9 Å². The first kappa shape index (κ1) is 47.7. The zero-order valence-corrected chi connectivity index (χ0v) is 33.4. The molecule has 4 nitrogen and oxygen atoms in total. The molecule has 0 saturated heterocycles. The number of hydrogen-bond donors (Lipinski definition) is 0. The summed E-state index contributed by atoms with van der Waals surface area (Å²) in [4.78, 5) is 21.6. The Morgan fingerprint density at radius 1 is 0.372 bits per heavy atom. The maximum atomic E-state index is 10.8. The van der Waals surface area contributed by atoms with Crippen LogP contribution in [0.1, 0.15) is 194 Å². The van der Waals surface area contributed by atoms with Gasteiger partial charge in [0.15, 0.2) is 0 Å². The molecular weight excluding hydrogens is 626 g/mol. The van der Waals surface area contributed by atoms with Gasteiger partial charge in [0.1, 0.15) is 0 Å². The second-order valence-corrected chi connectivity index (χ2v) is 12.5. The molecule has 252 valence electrons. The van der Waals surface area contributed by atoms with E-state index in [1.807, 2.05) is 0 Å². The van der Waals surface area contributed by atoms with Gasteiger partial charge in [-0.1, -0.05) is 192 Å². The molecular formula is C36H70O4S2Zn. The minimum atomic E-state index is -0.250. The zero-order valence-electron chi connectivity index (χ0n) is 28.8. The standard InChI is InChI=1S/2C18H36O2S.Zn/c2*1-2-3-4-5-6-7-8-9-10-11-12-13-14-15-16-20-18(19)17-21;/h2*21H,2-17H2,1H3;/q;;+2/p-2. The van der Waals surface area contributed by atoms with Crippen molar-refractivity contribution in [2.45, 2.75) is 194 Å². The summed E-state index contributed by atoms with van der Waals surface area (Å²) in [7, 11) is 0. The van der Waals surface area contributed by atoms with Gasteiger partial charge in [-0.3, -0.25) is 9.59 Å². The van der Waals surface area contributed by atoms with Gasteiger partial charge in [0, 0.05) is 0 Å². The quantitative estimate of drug-likeness (QED) is 0.0302.